The van der Waals surface area contributed by atoms with Crippen molar-refractivity contribution in [3.63, 3.8) is 0 Å². The lowest BCUT2D eigenvalue weighted by Gasteiger charge is -2.44. The normalized spacial score (nSPS) is 21.6. The predicted molar refractivity (Wildman–Crippen MR) is 155 cm³/mol. The second-order valence-electron chi connectivity index (χ2n) is 9.97. The van der Waals surface area contributed by atoms with Crippen LogP contribution >= 0.6 is 11.6 Å². The van der Waals surface area contributed by atoms with Crippen molar-refractivity contribution in [2.24, 2.45) is 5.16 Å². The molecule has 2 aromatic carbocycles. The van der Waals surface area contributed by atoms with Gasteiger partial charge in [0.05, 0.1) is 0 Å². The second-order valence-corrected chi connectivity index (χ2v) is 10.4. The van der Waals surface area contributed by atoms with Gasteiger partial charge in [-0.3, -0.25) is 19.2 Å². The fourth-order valence-electron chi connectivity index (χ4n) is 4.81. The molecule has 2 aromatic rings. The molecule has 0 bridgehead atoms. The van der Waals surface area contributed by atoms with Gasteiger partial charge in [0.1, 0.15) is 25.9 Å². The van der Waals surface area contributed by atoms with Gasteiger partial charge < -0.3 is 28.5 Å². The molecule has 0 radical (unpaired) electrons. The molecule has 232 valence electrons. The van der Waals surface area contributed by atoms with Crippen molar-refractivity contribution in [1.82, 2.24) is 0 Å². The number of oxime groups is 1. The van der Waals surface area contributed by atoms with Crippen molar-refractivity contribution in [1.29, 1.82) is 0 Å². The average molecular weight is 618 g/mol. The van der Waals surface area contributed by atoms with Crippen molar-refractivity contribution < 1.29 is 47.7 Å². The summed E-state index contributed by atoms with van der Waals surface area (Å²) in [5.74, 6) is -2.65. The third-order valence-corrected chi connectivity index (χ3v) is 6.92. The maximum absolute atomic E-state index is 12.2. The van der Waals surface area contributed by atoms with Crippen LogP contribution in [0.2, 0.25) is 5.02 Å². The summed E-state index contributed by atoms with van der Waals surface area (Å²) in [4.78, 5) is 52.7. The molecular formula is C31H36ClNO10. The van der Waals surface area contributed by atoms with E-state index in [4.69, 9.17) is 35.3 Å². The molecule has 0 saturated carbocycles. The molecule has 1 fully saturated rings. The van der Waals surface area contributed by atoms with Crippen LogP contribution in [0.5, 0.6) is 0 Å². The highest BCUT2D eigenvalue weighted by atomic mass is 35.5. The van der Waals surface area contributed by atoms with Gasteiger partial charge in [-0.15, -0.1) is 0 Å². The van der Waals surface area contributed by atoms with E-state index in [1.165, 1.54) is 34.8 Å². The van der Waals surface area contributed by atoms with Gasteiger partial charge in [0.15, 0.2) is 18.3 Å². The lowest BCUT2D eigenvalue weighted by Crippen LogP contribution is -2.59. The monoisotopic (exact) mass is 617 g/mol. The molecule has 1 aliphatic rings. The Hall–Kier alpha value is -3.96. The third kappa shape index (κ3) is 10.1. The van der Waals surface area contributed by atoms with Gasteiger partial charge in [-0.2, -0.15) is 0 Å². The van der Waals surface area contributed by atoms with E-state index >= 15 is 0 Å². The fourth-order valence-corrected chi connectivity index (χ4v) is 4.99. The van der Waals surface area contributed by atoms with Gasteiger partial charge >= 0.3 is 23.9 Å². The van der Waals surface area contributed by atoms with E-state index in [9.17, 15) is 19.2 Å². The Bertz CT molecular complexity index is 1310. The number of hydrogen-bond acceptors (Lipinski definition) is 11. The van der Waals surface area contributed by atoms with Crippen LogP contribution in [0.3, 0.4) is 0 Å². The first-order chi connectivity index (χ1) is 20.5. The minimum atomic E-state index is -1.26. The first-order valence-electron chi connectivity index (χ1n) is 13.7. The van der Waals surface area contributed by atoms with Crippen molar-refractivity contribution in [2.75, 3.05) is 13.7 Å². The van der Waals surface area contributed by atoms with E-state index in [2.05, 4.69) is 9.99 Å². The van der Waals surface area contributed by atoms with Crippen LogP contribution in [0.15, 0.2) is 47.6 Å². The number of carbonyl (C=O) groups excluding carboxylic acids is 4. The van der Waals surface area contributed by atoms with Gasteiger partial charge in [0, 0.05) is 38.9 Å². The second kappa shape index (κ2) is 16.0. The van der Waals surface area contributed by atoms with E-state index in [1.54, 1.807) is 18.3 Å². The zero-order valence-corrected chi connectivity index (χ0v) is 25.5. The van der Waals surface area contributed by atoms with Crippen LogP contribution in [0, 0.1) is 0 Å². The summed E-state index contributed by atoms with van der Waals surface area (Å²) in [6.45, 7) is 4.47. The van der Waals surface area contributed by atoms with Crippen LogP contribution in [-0.2, 0) is 60.5 Å². The molecule has 0 aliphatic carbocycles. The van der Waals surface area contributed by atoms with Gasteiger partial charge in [-0.1, -0.05) is 53.2 Å². The molecule has 2 unspecified atom stereocenters. The Morgan fingerprint density at radius 1 is 0.837 bits per heavy atom. The molecule has 43 heavy (non-hydrogen) atoms. The van der Waals surface area contributed by atoms with E-state index in [1.807, 2.05) is 30.3 Å². The summed E-state index contributed by atoms with van der Waals surface area (Å²) in [7, 11) is 1.50. The molecule has 11 nitrogen and oxygen atoms in total. The van der Waals surface area contributed by atoms with Crippen LogP contribution in [0.4, 0.5) is 0 Å². The van der Waals surface area contributed by atoms with Crippen LogP contribution < -0.4 is 0 Å². The van der Waals surface area contributed by atoms with E-state index in [0.717, 1.165) is 29.5 Å². The highest BCUT2D eigenvalue weighted by Crippen LogP contribution is 2.39. The molecule has 5 atom stereocenters. The summed E-state index contributed by atoms with van der Waals surface area (Å²) in [5, 5.41) is 4.26. The number of halogens is 1. The number of benzene rings is 2. The third-order valence-electron chi connectivity index (χ3n) is 6.55. The smallest absolute Gasteiger partial charge is 0.303 e. The summed E-state index contributed by atoms with van der Waals surface area (Å²) < 4.78 is 28.1. The Kier molecular flexibility index (Phi) is 12.5. The molecule has 0 spiro atoms. The van der Waals surface area contributed by atoms with Crippen LogP contribution in [-0.4, -0.2) is 68.2 Å². The largest absolute Gasteiger partial charge is 0.463 e. The van der Waals surface area contributed by atoms with Crippen molar-refractivity contribution in [2.45, 2.75) is 77.5 Å². The molecule has 0 aromatic heterocycles. The first-order valence-corrected chi connectivity index (χ1v) is 14.1. The Labute approximate surface area is 255 Å². The number of nitrogens with zero attached hydrogens (tertiary/aromatic N) is 1. The Balaban J connectivity index is 1.96. The maximum Gasteiger partial charge on any atom is 0.303 e. The van der Waals surface area contributed by atoms with Crippen molar-refractivity contribution in [3.05, 3.63) is 69.7 Å². The molecule has 12 heteroatoms. The molecule has 1 saturated heterocycles. The van der Waals surface area contributed by atoms with Crippen molar-refractivity contribution >= 4 is 41.7 Å². The van der Waals surface area contributed by atoms with E-state index in [-0.39, 0.29) is 6.61 Å². The summed E-state index contributed by atoms with van der Waals surface area (Å²) in [6, 6.07) is 13.3. The van der Waals surface area contributed by atoms with Gasteiger partial charge in [-0.05, 0) is 47.6 Å². The molecule has 3 rings (SSSR count). The Morgan fingerprint density at radius 2 is 1.44 bits per heavy atom. The highest BCUT2D eigenvalue weighted by molar-refractivity contribution is 6.31. The number of hydrogen-bond donors (Lipinski definition) is 0. The highest BCUT2D eigenvalue weighted by Gasteiger charge is 2.52. The van der Waals surface area contributed by atoms with Gasteiger partial charge in [0.25, 0.3) is 0 Å². The van der Waals surface area contributed by atoms with Gasteiger partial charge in [0.2, 0.25) is 0 Å². The molecule has 1 aliphatic heterocycles. The molecule has 1 heterocycles. The van der Waals surface area contributed by atoms with Crippen LogP contribution in [0.25, 0.3) is 0 Å². The summed E-state index contributed by atoms with van der Waals surface area (Å²) >= 11 is 6.59. The fraction of sp³-hybridized carbons (Fsp3) is 0.452. The standard InChI is InChI=1S/C31H36ClNO10/c1-18(34)39-17-27-29(40-19(2)35)31(42-21(4)37)30(41-20(3)36)28(43-27)24-12-13-26(32)25(16-24)15-23-10-8-22(9-11-23)7-6-14-33-38-5/h8-14,16,27-31H,6-7,15,17H2,1-5H3/t27-,28+,29?,30+,31?/m1/s1. The predicted octanol–water partition coefficient (Wildman–Crippen LogP) is 4.29. The lowest BCUT2D eigenvalue weighted by atomic mass is 9.89. The SMILES string of the molecule is CON=CCCc1ccc(Cc2cc([C@@H]3O[C@H](COC(C)=O)C(OC(C)=O)C(OC(C)=O)[C@H]3OC(C)=O)ccc2Cl)cc1. The molecule has 0 amide bonds. The average Bonchev–Trinajstić information content (AvgIpc) is 2.93. The zero-order chi connectivity index (χ0) is 31.5. The topological polar surface area (TPSA) is 136 Å². The zero-order valence-electron chi connectivity index (χ0n) is 24.7. The summed E-state index contributed by atoms with van der Waals surface area (Å²) in [6.07, 6.45) is -1.96. The number of ether oxygens (including phenoxy) is 5. The van der Waals surface area contributed by atoms with E-state index < -0.39 is 54.4 Å². The maximum atomic E-state index is 12.2. The first kappa shape index (κ1) is 33.5. The van der Waals surface area contributed by atoms with Gasteiger partial charge in [-0.25, -0.2) is 0 Å². The quantitative estimate of drug-likeness (QED) is 0.147. The summed E-state index contributed by atoms with van der Waals surface area (Å²) in [5.41, 5.74) is 3.48. The number of rotatable bonds is 12. The minimum Gasteiger partial charge on any atom is -0.463 e. The number of aryl methyl sites for hydroxylation is 1. The minimum absolute atomic E-state index is 0.307. The lowest BCUT2D eigenvalue weighted by molar-refractivity contribution is -0.254. The van der Waals surface area contributed by atoms with E-state index in [0.29, 0.717) is 17.0 Å². The van der Waals surface area contributed by atoms with Crippen LogP contribution in [0.1, 0.15) is 62.5 Å². The Morgan fingerprint density at radius 3 is 2.05 bits per heavy atom. The molecule has 0 N–H and O–H groups in total. The molecular weight excluding hydrogens is 582 g/mol. The van der Waals surface area contributed by atoms with Crippen molar-refractivity contribution in [3.8, 4) is 0 Å². The number of esters is 4. The number of carbonyl (C=O) groups is 4.